The van der Waals surface area contributed by atoms with Crippen LogP contribution >= 0.6 is 0 Å². The molecule has 0 aromatic rings. The summed E-state index contributed by atoms with van der Waals surface area (Å²) >= 11 is 0. The maximum Gasteiger partial charge on any atom is 0.0543 e. The molecular formula is C28H46O. The lowest BCUT2D eigenvalue weighted by Gasteiger charge is -2.57. The Labute approximate surface area is 180 Å². The molecule has 3 fully saturated rings. The Balaban J connectivity index is 1.54. The van der Waals surface area contributed by atoms with Crippen LogP contribution in [0.4, 0.5) is 0 Å². The highest BCUT2D eigenvalue weighted by molar-refractivity contribution is 5.28. The van der Waals surface area contributed by atoms with Crippen LogP contribution in [0.1, 0.15) is 92.9 Å². The highest BCUT2D eigenvalue weighted by atomic mass is 16.3. The van der Waals surface area contributed by atoms with Gasteiger partial charge in [0.15, 0.2) is 0 Å². The summed E-state index contributed by atoms with van der Waals surface area (Å²) in [5.74, 6) is 5.25. The van der Waals surface area contributed by atoms with E-state index < -0.39 is 0 Å². The van der Waals surface area contributed by atoms with Crippen molar-refractivity contribution in [1.29, 1.82) is 0 Å². The molecule has 0 aromatic carbocycles. The summed E-state index contributed by atoms with van der Waals surface area (Å²) in [7, 11) is 0. The van der Waals surface area contributed by atoms with Gasteiger partial charge in [0, 0.05) is 0 Å². The first-order valence-electron chi connectivity index (χ1n) is 12.7. The second-order valence-electron chi connectivity index (χ2n) is 12.3. The third kappa shape index (κ3) is 3.58. The van der Waals surface area contributed by atoms with Gasteiger partial charge in [0.05, 0.1) is 6.10 Å². The van der Waals surface area contributed by atoms with Crippen molar-refractivity contribution in [1.82, 2.24) is 0 Å². The Morgan fingerprint density at radius 2 is 1.62 bits per heavy atom. The van der Waals surface area contributed by atoms with Gasteiger partial charge in [0.25, 0.3) is 0 Å². The normalized spacial score (nSPS) is 46.8. The molecule has 164 valence electrons. The summed E-state index contributed by atoms with van der Waals surface area (Å²) in [6.07, 6.45) is 17.8. The van der Waals surface area contributed by atoms with Crippen LogP contribution in [0.2, 0.25) is 0 Å². The third-order valence-corrected chi connectivity index (χ3v) is 10.5. The van der Waals surface area contributed by atoms with Gasteiger partial charge in [-0.05, 0) is 104 Å². The summed E-state index contributed by atoms with van der Waals surface area (Å²) in [5, 5.41) is 10.2. The number of rotatable bonds is 4. The minimum Gasteiger partial charge on any atom is -0.393 e. The lowest BCUT2D eigenvalue weighted by atomic mass is 9.47. The van der Waals surface area contributed by atoms with Crippen molar-refractivity contribution in [2.45, 2.75) is 99.0 Å². The van der Waals surface area contributed by atoms with Crippen LogP contribution in [-0.2, 0) is 0 Å². The maximum atomic E-state index is 10.2. The van der Waals surface area contributed by atoms with Gasteiger partial charge in [-0.25, -0.2) is 0 Å². The van der Waals surface area contributed by atoms with Gasteiger partial charge in [-0.1, -0.05) is 65.3 Å². The van der Waals surface area contributed by atoms with E-state index in [1.807, 2.05) is 5.57 Å². The fraction of sp³-hybridized carbons (Fsp3) is 0.857. The van der Waals surface area contributed by atoms with Crippen LogP contribution in [0.3, 0.4) is 0 Å². The summed E-state index contributed by atoms with van der Waals surface area (Å²) in [4.78, 5) is 0. The molecule has 1 nitrogen and oxygen atoms in total. The van der Waals surface area contributed by atoms with Crippen molar-refractivity contribution in [3.63, 3.8) is 0 Å². The molecule has 3 saturated carbocycles. The first-order chi connectivity index (χ1) is 13.7. The fourth-order valence-electron chi connectivity index (χ4n) is 8.10. The van der Waals surface area contributed by atoms with E-state index in [0.29, 0.717) is 28.6 Å². The van der Waals surface area contributed by atoms with E-state index in [0.717, 1.165) is 36.5 Å². The summed E-state index contributed by atoms with van der Waals surface area (Å²) in [6.45, 7) is 14.7. The number of allylic oxidation sites excluding steroid dienone is 4. The van der Waals surface area contributed by atoms with Gasteiger partial charge in [-0.3, -0.25) is 0 Å². The van der Waals surface area contributed by atoms with Crippen molar-refractivity contribution in [3.8, 4) is 0 Å². The molecule has 9 atom stereocenters. The SMILES string of the molecule is CC(C)[C@@H](C)C=C[C@@H](C)[C@H]1CCC2C3=CCC4C[C@@H](O)CC[C@]4(C)C3CC[C@@]21C. The largest absolute Gasteiger partial charge is 0.393 e. The summed E-state index contributed by atoms with van der Waals surface area (Å²) in [6, 6.07) is 0. The molecule has 0 aromatic heterocycles. The van der Waals surface area contributed by atoms with E-state index in [-0.39, 0.29) is 6.10 Å². The molecule has 0 heterocycles. The number of aliphatic hydroxyl groups excluding tert-OH is 1. The van der Waals surface area contributed by atoms with Gasteiger partial charge >= 0.3 is 0 Å². The zero-order valence-corrected chi connectivity index (χ0v) is 20.0. The van der Waals surface area contributed by atoms with Crippen LogP contribution in [-0.4, -0.2) is 11.2 Å². The van der Waals surface area contributed by atoms with E-state index >= 15 is 0 Å². The first kappa shape index (κ1) is 21.7. The quantitative estimate of drug-likeness (QED) is 0.489. The lowest BCUT2D eigenvalue weighted by molar-refractivity contribution is -0.0414. The van der Waals surface area contributed by atoms with E-state index in [1.165, 1.54) is 38.5 Å². The Kier molecular flexibility index (Phi) is 5.86. The second-order valence-corrected chi connectivity index (χ2v) is 12.3. The predicted molar refractivity (Wildman–Crippen MR) is 124 cm³/mol. The Hall–Kier alpha value is -0.560. The second kappa shape index (κ2) is 7.85. The standard InChI is InChI=1S/C28H46O/c1-18(2)19(3)7-8-20(4)24-11-12-25-23-10-9-21-17-22(29)13-15-27(21,5)26(23)14-16-28(24,25)6/h7-8,10,18-22,24-26,29H,9,11-17H2,1-6H3/t19-,20+,21?,22-,24+,25?,26?,27-,28+/m0/s1. The summed E-state index contributed by atoms with van der Waals surface area (Å²) in [5.41, 5.74) is 2.79. The van der Waals surface area contributed by atoms with Crippen LogP contribution in [0.5, 0.6) is 0 Å². The highest BCUT2D eigenvalue weighted by Gasteiger charge is 2.57. The molecule has 0 aliphatic heterocycles. The average molecular weight is 399 g/mol. The van der Waals surface area contributed by atoms with Gasteiger partial charge in [-0.15, -0.1) is 0 Å². The zero-order chi connectivity index (χ0) is 21.0. The Morgan fingerprint density at radius 1 is 0.931 bits per heavy atom. The van der Waals surface area contributed by atoms with Crippen molar-refractivity contribution in [3.05, 3.63) is 23.8 Å². The van der Waals surface area contributed by atoms with E-state index in [1.54, 1.807) is 0 Å². The molecule has 0 spiro atoms. The van der Waals surface area contributed by atoms with Crippen LogP contribution in [0.25, 0.3) is 0 Å². The molecule has 29 heavy (non-hydrogen) atoms. The van der Waals surface area contributed by atoms with Crippen LogP contribution in [0.15, 0.2) is 23.8 Å². The fourth-order valence-corrected chi connectivity index (χ4v) is 8.10. The topological polar surface area (TPSA) is 20.2 Å². The van der Waals surface area contributed by atoms with Gasteiger partial charge in [-0.2, -0.15) is 0 Å². The predicted octanol–water partition coefficient (Wildman–Crippen LogP) is 7.41. The van der Waals surface area contributed by atoms with E-state index in [2.05, 4.69) is 59.8 Å². The monoisotopic (exact) mass is 398 g/mol. The lowest BCUT2D eigenvalue weighted by Crippen LogP contribution is -2.49. The first-order valence-corrected chi connectivity index (χ1v) is 12.7. The minimum atomic E-state index is -0.0476. The molecule has 4 rings (SSSR count). The molecule has 1 heteroatoms. The number of fused-ring (bicyclic) bond motifs is 5. The van der Waals surface area contributed by atoms with Crippen molar-refractivity contribution in [2.24, 2.45) is 52.3 Å². The van der Waals surface area contributed by atoms with Crippen molar-refractivity contribution >= 4 is 0 Å². The zero-order valence-electron chi connectivity index (χ0n) is 20.0. The molecule has 1 N–H and O–H groups in total. The highest BCUT2D eigenvalue weighted by Crippen LogP contribution is 2.66. The van der Waals surface area contributed by atoms with Crippen molar-refractivity contribution < 1.29 is 5.11 Å². The summed E-state index contributed by atoms with van der Waals surface area (Å²) < 4.78 is 0. The Morgan fingerprint density at radius 3 is 2.34 bits per heavy atom. The van der Waals surface area contributed by atoms with E-state index in [4.69, 9.17) is 0 Å². The molecule has 4 aliphatic carbocycles. The average Bonchev–Trinajstić information content (AvgIpc) is 3.03. The van der Waals surface area contributed by atoms with Gasteiger partial charge < -0.3 is 5.11 Å². The molecule has 0 bridgehead atoms. The van der Waals surface area contributed by atoms with Crippen molar-refractivity contribution in [2.75, 3.05) is 0 Å². The van der Waals surface area contributed by atoms with E-state index in [9.17, 15) is 5.11 Å². The molecular weight excluding hydrogens is 352 g/mol. The van der Waals surface area contributed by atoms with Gasteiger partial charge in [0.2, 0.25) is 0 Å². The molecule has 0 radical (unpaired) electrons. The van der Waals surface area contributed by atoms with Crippen LogP contribution < -0.4 is 0 Å². The molecule has 0 amide bonds. The number of hydrogen-bond donors (Lipinski definition) is 1. The maximum absolute atomic E-state index is 10.2. The molecule has 4 aliphatic rings. The molecule has 3 unspecified atom stereocenters. The minimum absolute atomic E-state index is 0.0476. The number of aliphatic hydroxyl groups is 1. The van der Waals surface area contributed by atoms with Gasteiger partial charge in [0.1, 0.15) is 0 Å². The Bertz CT molecular complexity index is 659. The number of hydrogen-bond acceptors (Lipinski definition) is 1. The molecule has 0 saturated heterocycles. The smallest absolute Gasteiger partial charge is 0.0543 e. The third-order valence-electron chi connectivity index (χ3n) is 10.5. The van der Waals surface area contributed by atoms with Crippen LogP contribution in [0, 0.1) is 52.3 Å².